The number of aliphatic hydroxyl groups excluding tert-OH is 2. The first-order valence-corrected chi connectivity index (χ1v) is 34.1. The first-order chi connectivity index (χ1) is 44.0. The van der Waals surface area contributed by atoms with Gasteiger partial charge in [0.25, 0.3) is 0 Å². The van der Waals surface area contributed by atoms with Crippen molar-refractivity contribution in [3.63, 3.8) is 0 Å². The summed E-state index contributed by atoms with van der Waals surface area (Å²) < 4.78 is 58.3. The molecule has 3 aromatic rings. The van der Waals surface area contributed by atoms with Crippen molar-refractivity contribution < 1.29 is 96.2 Å². The lowest BCUT2D eigenvalue weighted by molar-refractivity contribution is -0.169. The third-order valence-corrected chi connectivity index (χ3v) is 14.7. The number of aliphatic carboxylic acids is 1. The normalized spacial score (nSPS) is 23.1. The van der Waals surface area contributed by atoms with E-state index >= 15 is 0 Å². The number of aliphatic hydroxyl groups is 2. The van der Waals surface area contributed by atoms with Crippen LogP contribution in [0.4, 0.5) is 0 Å². The number of hydrogen-bond donors (Lipinski definition) is 3. The SMILES string of the molecule is C.CC(C)(C)OC(=O)CBr.CC(C)(C)OC(=O)COC1CC(O)C1.CC(C)(C)OC(=O)COC1CC(OCc2ccccc2)C1.CC1CC(OCC(=O)O)C1.CC1CC(OCC(=O)OC(C)(C)C)C1.O=C1CC(OCc2ccccc2)C1.OC1CC(OCc2ccccc2)C1. The molecule has 95 heavy (non-hydrogen) atoms. The molecule has 0 amide bonds. The van der Waals surface area contributed by atoms with E-state index in [4.69, 9.17) is 67.4 Å². The topological polar surface area (TPSA) is 265 Å². The van der Waals surface area contributed by atoms with Crippen LogP contribution in [0.15, 0.2) is 91.0 Å². The molecule has 0 radical (unpaired) electrons. The van der Waals surface area contributed by atoms with Gasteiger partial charge in [0.1, 0.15) is 59.9 Å². The average molecular weight is 1400 g/mol. The van der Waals surface area contributed by atoms with E-state index in [1.54, 1.807) is 0 Å². The van der Waals surface area contributed by atoms with Crippen LogP contribution in [0.25, 0.3) is 0 Å². The van der Waals surface area contributed by atoms with Gasteiger partial charge in [-0.3, -0.25) is 9.59 Å². The third-order valence-electron chi connectivity index (χ3n) is 14.3. The van der Waals surface area contributed by atoms with E-state index in [-0.39, 0.29) is 124 Å². The van der Waals surface area contributed by atoms with Crippen molar-refractivity contribution in [2.45, 2.75) is 279 Å². The summed E-state index contributed by atoms with van der Waals surface area (Å²) in [5, 5.41) is 26.5. The van der Waals surface area contributed by atoms with Crippen LogP contribution >= 0.6 is 15.9 Å². The Bertz CT molecular complexity index is 2550. The van der Waals surface area contributed by atoms with Crippen LogP contribution in [-0.4, -0.2) is 160 Å². The summed E-state index contributed by atoms with van der Waals surface area (Å²) in [6.45, 7) is 28.3. The highest BCUT2D eigenvalue weighted by molar-refractivity contribution is 9.09. The molecule has 20 nitrogen and oxygen atoms in total. The van der Waals surface area contributed by atoms with E-state index in [1.807, 2.05) is 150 Å². The monoisotopic (exact) mass is 1400 g/mol. The number of carbonyl (C=O) groups is 6. The Kier molecular flexibility index (Phi) is 39.7. The molecule has 0 aromatic heterocycles. The molecule has 0 atom stereocenters. The van der Waals surface area contributed by atoms with Crippen molar-refractivity contribution in [1.82, 2.24) is 0 Å². The highest BCUT2D eigenvalue weighted by Crippen LogP contribution is 2.31. The number of esters is 4. The lowest BCUT2D eigenvalue weighted by Crippen LogP contribution is -2.39. The summed E-state index contributed by atoms with van der Waals surface area (Å²) in [7, 11) is 0. The summed E-state index contributed by atoms with van der Waals surface area (Å²) in [6.07, 6.45) is 10.9. The molecule has 6 aliphatic rings. The van der Waals surface area contributed by atoms with Gasteiger partial charge in [-0.1, -0.05) is 128 Å². The fourth-order valence-electron chi connectivity index (χ4n) is 9.23. The Hall–Kier alpha value is -5.20. The number of ketones is 1. The summed E-state index contributed by atoms with van der Waals surface area (Å²) >= 11 is 2.99. The number of Topliss-reactive ketones (excluding diaryl/α,β-unsaturated/α-hetero) is 1. The van der Waals surface area contributed by atoms with Gasteiger partial charge in [-0.15, -0.1) is 0 Å². The molecule has 21 heteroatoms. The average Bonchev–Trinajstić information content (AvgIpc) is 0.946. The number of alkyl halides is 1. The molecule has 0 heterocycles. The van der Waals surface area contributed by atoms with E-state index in [9.17, 15) is 28.8 Å². The Morgan fingerprint density at radius 1 is 0.389 bits per heavy atom. The van der Waals surface area contributed by atoms with E-state index in [2.05, 4.69) is 54.0 Å². The van der Waals surface area contributed by atoms with Crippen molar-refractivity contribution in [3.8, 4) is 0 Å². The summed E-state index contributed by atoms with van der Waals surface area (Å²) in [6, 6.07) is 30.2. The molecular formula is C74H115BrO20. The smallest absolute Gasteiger partial charge is 0.332 e. The zero-order valence-electron chi connectivity index (χ0n) is 58.3. The number of ether oxygens (including phenoxy) is 11. The minimum Gasteiger partial charge on any atom is -0.480 e. The number of carbonyl (C=O) groups excluding carboxylic acids is 5. The van der Waals surface area contributed by atoms with E-state index in [0.717, 1.165) is 63.2 Å². The van der Waals surface area contributed by atoms with Crippen LogP contribution in [-0.2, 0) is 101 Å². The standard InChI is InChI=1S/C17H24O4.C11H20O3.C11H14O2.C11H12O2.C10H18O4.C7H12O3.C6H11BrO2.CH4/c1-17(2,3)21-16(18)12-20-15-9-14(10-15)19-11-13-7-5-4-6-8-13;1-8-5-9(6-8)13-7-10(12)14-11(2,3)4;2*12-10-6-11(7-10)13-8-9-4-2-1-3-5-9;1-10(2,3)14-9(12)6-13-8-4-7(11)5-8;1-5-2-6(3-5)10-4-7(8)9;1-6(2,3)9-5(8)4-7;/h4-8,14-15H,9-12H2,1-3H3;8-9H,5-7H2,1-4H3;1-5,10-12H,6-8H2;1-5,11H,6-8H2;7-8,11H,4-6H2,1-3H3;5-6H,2-4H2,1H3,(H,8,9);4H2,1-3H3;1H4. The van der Waals surface area contributed by atoms with Crippen molar-refractivity contribution >= 4 is 51.6 Å². The lowest BCUT2D eigenvalue weighted by Gasteiger charge is -2.34. The zero-order valence-corrected chi connectivity index (χ0v) is 59.9. The second kappa shape index (κ2) is 44.0. The molecule has 0 bridgehead atoms. The Morgan fingerprint density at radius 2 is 0.642 bits per heavy atom. The van der Waals surface area contributed by atoms with Gasteiger partial charge >= 0.3 is 29.8 Å². The molecule has 6 saturated carbocycles. The largest absolute Gasteiger partial charge is 0.480 e. The maximum atomic E-state index is 11.5. The molecular weight excluding hydrogens is 1290 g/mol. The summed E-state index contributed by atoms with van der Waals surface area (Å²) in [5.74, 6) is -0.232. The molecule has 0 spiro atoms. The minimum atomic E-state index is -0.875. The molecule has 6 aliphatic carbocycles. The molecule has 0 aliphatic heterocycles. The number of carboxylic acid groups (broad SMARTS) is 1. The van der Waals surface area contributed by atoms with Gasteiger partial charge in [-0.2, -0.15) is 0 Å². The number of carboxylic acids is 1. The second-order valence-corrected chi connectivity index (χ2v) is 29.2. The lowest BCUT2D eigenvalue weighted by atomic mass is 9.84. The molecule has 0 saturated heterocycles. The van der Waals surface area contributed by atoms with Crippen molar-refractivity contribution in [1.29, 1.82) is 0 Å². The fraction of sp³-hybridized carbons (Fsp3) is 0.676. The maximum Gasteiger partial charge on any atom is 0.332 e. The molecule has 3 N–H and O–H groups in total. The fourth-order valence-corrected chi connectivity index (χ4v) is 9.34. The zero-order chi connectivity index (χ0) is 70.1. The van der Waals surface area contributed by atoms with Crippen LogP contribution in [0.5, 0.6) is 0 Å². The number of halogens is 1. The number of benzene rings is 3. The van der Waals surface area contributed by atoms with Crippen LogP contribution in [0.2, 0.25) is 0 Å². The third kappa shape index (κ3) is 43.7. The Balaban J connectivity index is 0.000000382. The van der Waals surface area contributed by atoms with Gasteiger partial charge in [0.05, 0.1) is 74.8 Å². The predicted molar refractivity (Wildman–Crippen MR) is 366 cm³/mol. The highest BCUT2D eigenvalue weighted by atomic mass is 79.9. The molecule has 538 valence electrons. The van der Waals surface area contributed by atoms with Gasteiger partial charge in [-0.05, 0) is 176 Å². The van der Waals surface area contributed by atoms with Gasteiger partial charge in [0.15, 0.2) is 0 Å². The van der Waals surface area contributed by atoms with Gasteiger partial charge < -0.3 is 67.4 Å². The Labute approximate surface area is 574 Å². The second-order valence-electron chi connectivity index (χ2n) is 28.7. The quantitative estimate of drug-likeness (QED) is 0.0479. The molecule has 3 aromatic carbocycles. The van der Waals surface area contributed by atoms with E-state index < -0.39 is 22.8 Å². The number of rotatable bonds is 22. The van der Waals surface area contributed by atoms with E-state index in [1.165, 1.54) is 16.7 Å². The molecule has 6 fully saturated rings. The van der Waals surface area contributed by atoms with Crippen LogP contribution < -0.4 is 0 Å². The first-order valence-electron chi connectivity index (χ1n) is 32.9. The van der Waals surface area contributed by atoms with Gasteiger partial charge in [-0.25, -0.2) is 19.2 Å². The van der Waals surface area contributed by atoms with Gasteiger partial charge in [0, 0.05) is 12.8 Å². The summed E-state index contributed by atoms with van der Waals surface area (Å²) in [4.78, 5) is 65.1. The molecule has 9 rings (SSSR count). The van der Waals surface area contributed by atoms with Crippen molar-refractivity contribution in [2.75, 3.05) is 31.8 Å². The summed E-state index contributed by atoms with van der Waals surface area (Å²) in [5.41, 5.74) is 1.86. The van der Waals surface area contributed by atoms with Gasteiger partial charge in [0.2, 0.25) is 0 Å². The highest BCUT2D eigenvalue weighted by Gasteiger charge is 2.33. The minimum absolute atomic E-state index is 0. The van der Waals surface area contributed by atoms with Crippen LogP contribution in [0.1, 0.15) is 198 Å². The van der Waals surface area contributed by atoms with Crippen LogP contribution in [0.3, 0.4) is 0 Å². The number of hydrogen-bond acceptors (Lipinski definition) is 19. The first kappa shape index (κ1) is 85.9. The van der Waals surface area contributed by atoms with Crippen molar-refractivity contribution in [2.24, 2.45) is 11.8 Å². The maximum absolute atomic E-state index is 11.5. The van der Waals surface area contributed by atoms with Crippen LogP contribution in [0, 0.1) is 11.8 Å². The Morgan fingerprint density at radius 3 is 0.895 bits per heavy atom. The van der Waals surface area contributed by atoms with E-state index in [0.29, 0.717) is 51.3 Å². The predicted octanol–water partition coefficient (Wildman–Crippen LogP) is 13.0. The molecule has 0 unspecified atom stereocenters. The van der Waals surface area contributed by atoms with Crippen molar-refractivity contribution in [3.05, 3.63) is 108 Å².